The van der Waals surface area contributed by atoms with Crippen molar-refractivity contribution in [1.82, 2.24) is 20.0 Å². The van der Waals surface area contributed by atoms with Gasteiger partial charge in [-0.25, -0.2) is 4.79 Å². The molecule has 3 aliphatic rings. The number of rotatable bonds is 9. The second kappa shape index (κ2) is 9.84. The third-order valence-corrected chi connectivity index (χ3v) is 8.43. The molecule has 34 heavy (non-hydrogen) atoms. The Morgan fingerprint density at radius 1 is 1.12 bits per heavy atom. The lowest BCUT2D eigenvalue weighted by Crippen LogP contribution is -2.59. The van der Waals surface area contributed by atoms with Gasteiger partial charge in [-0.1, -0.05) is 30.3 Å². The van der Waals surface area contributed by atoms with E-state index < -0.39 is 5.60 Å². The van der Waals surface area contributed by atoms with Gasteiger partial charge in [0.25, 0.3) is 0 Å². The molecule has 8 heteroatoms. The van der Waals surface area contributed by atoms with Crippen LogP contribution in [0.3, 0.4) is 0 Å². The molecule has 4 rings (SSSR count). The van der Waals surface area contributed by atoms with Gasteiger partial charge in [-0.3, -0.25) is 9.69 Å². The zero-order chi connectivity index (χ0) is 24.4. The summed E-state index contributed by atoms with van der Waals surface area (Å²) in [6, 6.07) is 10.5. The molecule has 2 saturated carbocycles. The molecule has 2 aliphatic carbocycles. The Kier molecular flexibility index (Phi) is 7.22. The number of hydrogen-bond donors (Lipinski definition) is 2. The molecular weight excluding hydrogens is 432 g/mol. The smallest absolute Gasteiger partial charge is 0.321 e. The summed E-state index contributed by atoms with van der Waals surface area (Å²) in [5.41, 5.74) is 0.0653. The largest absolute Gasteiger partial charge is 0.388 e. The van der Waals surface area contributed by atoms with Crippen molar-refractivity contribution < 1.29 is 19.4 Å². The van der Waals surface area contributed by atoms with E-state index in [1.807, 2.05) is 11.0 Å². The molecule has 188 valence electrons. The van der Waals surface area contributed by atoms with Crippen molar-refractivity contribution in [3.05, 3.63) is 35.9 Å². The predicted octanol–water partition coefficient (Wildman–Crippen LogP) is 2.17. The highest BCUT2D eigenvalue weighted by Gasteiger charge is 2.56. The summed E-state index contributed by atoms with van der Waals surface area (Å²) in [5, 5.41) is 13.8. The SMILES string of the molecule is COCCNC(=O)CN1CC2(CCC(c3ccccc3)(N(C)C)CC2)N(CC2(O)CCC2)C1=O. The summed E-state index contributed by atoms with van der Waals surface area (Å²) in [4.78, 5) is 32.0. The molecule has 1 spiro atoms. The van der Waals surface area contributed by atoms with Gasteiger partial charge in [-0.15, -0.1) is 0 Å². The van der Waals surface area contributed by atoms with E-state index >= 15 is 0 Å². The molecule has 1 heterocycles. The van der Waals surface area contributed by atoms with Gasteiger partial charge in [0.05, 0.1) is 24.3 Å². The van der Waals surface area contributed by atoms with Gasteiger partial charge in [-0.05, 0) is 64.6 Å². The van der Waals surface area contributed by atoms with E-state index in [-0.39, 0.29) is 29.6 Å². The first kappa shape index (κ1) is 24.9. The van der Waals surface area contributed by atoms with E-state index in [4.69, 9.17) is 4.74 Å². The molecule has 2 N–H and O–H groups in total. The van der Waals surface area contributed by atoms with Crippen molar-refractivity contribution in [2.24, 2.45) is 0 Å². The van der Waals surface area contributed by atoms with Crippen LogP contribution >= 0.6 is 0 Å². The third-order valence-electron chi connectivity index (χ3n) is 8.43. The van der Waals surface area contributed by atoms with Crippen LogP contribution in [-0.2, 0) is 15.1 Å². The van der Waals surface area contributed by atoms with Gasteiger partial charge in [0.1, 0.15) is 6.54 Å². The van der Waals surface area contributed by atoms with Crippen LogP contribution in [0.4, 0.5) is 4.79 Å². The van der Waals surface area contributed by atoms with E-state index in [2.05, 4.69) is 48.6 Å². The van der Waals surface area contributed by atoms with Gasteiger partial charge in [-0.2, -0.15) is 0 Å². The molecule has 0 aromatic heterocycles. The lowest BCUT2D eigenvalue weighted by molar-refractivity contribution is -0.121. The van der Waals surface area contributed by atoms with Crippen LogP contribution in [0.2, 0.25) is 0 Å². The second-order valence-corrected chi connectivity index (χ2v) is 10.7. The maximum atomic E-state index is 13.6. The highest BCUT2D eigenvalue weighted by Crippen LogP contribution is 2.50. The fourth-order valence-electron chi connectivity index (χ4n) is 6.10. The Morgan fingerprint density at radius 3 is 2.35 bits per heavy atom. The lowest BCUT2D eigenvalue weighted by atomic mass is 9.67. The van der Waals surface area contributed by atoms with Crippen LogP contribution in [0.15, 0.2) is 30.3 Å². The van der Waals surface area contributed by atoms with Crippen molar-refractivity contribution in [3.63, 3.8) is 0 Å². The minimum absolute atomic E-state index is 0.0384. The molecule has 1 saturated heterocycles. The number of carbonyl (C=O) groups is 2. The van der Waals surface area contributed by atoms with Crippen LogP contribution in [0.1, 0.15) is 50.5 Å². The van der Waals surface area contributed by atoms with Gasteiger partial charge in [0.15, 0.2) is 0 Å². The fraction of sp³-hybridized carbons (Fsp3) is 0.692. The average molecular weight is 473 g/mol. The highest BCUT2D eigenvalue weighted by molar-refractivity contribution is 5.86. The quantitative estimate of drug-likeness (QED) is 0.538. The zero-order valence-corrected chi connectivity index (χ0v) is 20.9. The number of β-amino-alcohol motifs (C(OH)–C–C–N with tert-alkyl or cyclic N) is 1. The van der Waals surface area contributed by atoms with Crippen molar-refractivity contribution in [2.75, 3.05) is 54.0 Å². The van der Waals surface area contributed by atoms with Crippen molar-refractivity contribution in [1.29, 1.82) is 0 Å². The average Bonchev–Trinajstić information content (AvgIpc) is 3.04. The first-order chi connectivity index (χ1) is 16.2. The second-order valence-electron chi connectivity index (χ2n) is 10.7. The third kappa shape index (κ3) is 4.68. The topological polar surface area (TPSA) is 85.3 Å². The molecule has 0 atom stereocenters. The van der Waals surface area contributed by atoms with Crippen LogP contribution in [0, 0.1) is 0 Å². The molecule has 1 aromatic rings. The van der Waals surface area contributed by atoms with Crippen LogP contribution in [0.5, 0.6) is 0 Å². The Morgan fingerprint density at radius 2 is 1.79 bits per heavy atom. The van der Waals surface area contributed by atoms with Crippen molar-refractivity contribution >= 4 is 11.9 Å². The predicted molar refractivity (Wildman–Crippen MR) is 130 cm³/mol. The number of hydrogen-bond acceptors (Lipinski definition) is 5. The first-order valence-corrected chi connectivity index (χ1v) is 12.5. The van der Waals surface area contributed by atoms with Crippen LogP contribution < -0.4 is 5.32 Å². The Bertz CT molecular complexity index is 863. The molecular formula is C26H40N4O4. The van der Waals surface area contributed by atoms with Crippen LogP contribution in [-0.4, -0.2) is 96.9 Å². The van der Waals surface area contributed by atoms with E-state index in [1.54, 1.807) is 12.0 Å². The summed E-state index contributed by atoms with van der Waals surface area (Å²) < 4.78 is 5.00. The van der Waals surface area contributed by atoms with Crippen molar-refractivity contribution in [2.45, 2.75) is 61.6 Å². The van der Waals surface area contributed by atoms with Crippen molar-refractivity contribution in [3.8, 4) is 0 Å². The number of ether oxygens (including phenoxy) is 1. The molecule has 8 nitrogen and oxygen atoms in total. The number of amides is 3. The Hall–Kier alpha value is -2.16. The zero-order valence-electron chi connectivity index (χ0n) is 20.9. The Balaban J connectivity index is 1.54. The number of urea groups is 1. The summed E-state index contributed by atoms with van der Waals surface area (Å²) in [7, 11) is 5.86. The van der Waals surface area contributed by atoms with E-state index in [1.165, 1.54) is 5.56 Å². The lowest BCUT2D eigenvalue weighted by Gasteiger charge is -2.52. The first-order valence-electron chi connectivity index (χ1n) is 12.5. The summed E-state index contributed by atoms with van der Waals surface area (Å²) in [5.74, 6) is -0.174. The molecule has 1 aromatic carbocycles. The Labute approximate surface area is 203 Å². The fourth-order valence-corrected chi connectivity index (χ4v) is 6.10. The van der Waals surface area contributed by atoms with Gasteiger partial charge < -0.3 is 25.0 Å². The summed E-state index contributed by atoms with van der Waals surface area (Å²) >= 11 is 0. The van der Waals surface area contributed by atoms with Gasteiger partial charge >= 0.3 is 6.03 Å². The van der Waals surface area contributed by atoms with E-state index in [0.717, 1.165) is 44.9 Å². The highest BCUT2D eigenvalue weighted by atomic mass is 16.5. The number of methoxy groups -OCH3 is 1. The molecule has 3 amide bonds. The van der Waals surface area contributed by atoms with Crippen LogP contribution in [0.25, 0.3) is 0 Å². The summed E-state index contributed by atoms with van der Waals surface area (Å²) in [6.07, 6.45) is 5.97. The number of carbonyl (C=O) groups excluding carboxylic acids is 2. The maximum Gasteiger partial charge on any atom is 0.321 e. The molecule has 0 unspecified atom stereocenters. The number of nitrogens with one attached hydrogen (secondary N) is 1. The van der Waals surface area contributed by atoms with Gasteiger partial charge in [0, 0.05) is 25.7 Å². The number of nitrogens with zero attached hydrogens (tertiary/aromatic N) is 3. The van der Waals surface area contributed by atoms with E-state index in [0.29, 0.717) is 26.2 Å². The monoisotopic (exact) mass is 472 g/mol. The maximum absolute atomic E-state index is 13.6. The van der Waals surface area contributed by atoms with Gasteiger partial charge in [0.2, 0.25) is 5.91 Å². The standard InChI is InChI=1S/C26H40N4O4/c1-28(2)26(21-8-5-4-6-9-21)14-12-24(13-15-26)19-29(18-22(31)27-16-17-34-3)23(32)30(24)20-25(33)10-7-11-25/h4-6,8-9,33H,7,10-20H2,1-3H3,(H,27,31). The molecule has 3 fully saturated rings. The summed E-state index contributed by atoms with van der Waals surface area (Å²) in [6.45, 7) is 1.78. The molecule has 0 radical (unpaired) electrons. The number of benzene rings is 1. The number of aliphatic hydroxyl groups is 1. The molecule has 0 bridgehead atoms. The minimum Gasteiger partial charge on any atom is -0.388 e. The minimum atomic E-state index is -0.797. The molecule has 1 aliphatic heterocycles. The van der Waals surface area contributed by atoms with E-state index in [9.17, 15) is 14.7 Å². The normalized spacial score (nSPS) is 28.4.